The van der Waals surface area contributed by atoms with E-state index in [-0.39, 0.29) is 0 Å². The highest BCUT2D eigenvalue weighted by atomic mass is 16.5. The van der Waals surface area contributed by atoms with Gasteiger partial charge in [0.05, 0.1) is 6.54 Å². The standard InChI is InChI=1S/C12H19N3O3/c1-3-5-10-13-9(14-18-10)8-15-7-4-6-12(15,2)11(16)17/h3-8H2,1-2H3,(H,16,17). The second kappa shape index (κ2) is 5.06. The first-order chi connectivity index (χ1) is 8.56. The van der Waals surface area contributed by atoms with Crippen LogP contribution in [-0.2, 0) is 17.8 Å². The van der Waals surface area contributed by atoms with Gasteiger partial charge in [-0.3, -0.25) is 9.69 Å². The summed E-state index contributed by atoms with van der Waals surface area (Å²) in [5, 5.41) is 13.2. The van der Waals surface area contributed by atoms with Crippen LogP contribution >= 0.6 is 0 Å². The molecule has 0 aromatic carbocycles. The molecule has 18 heavy (non-hydrogen) atoms. The molecule has 0 aliphatic carbocycles. The molecule has 2 rings (SSSR count). The number of carboxylic acids is 1. The maximum Gasteiger partial charge on any atom is 0.323 e. The Morgan fingerprint density at radius 2 is 2.39 bits per heavy atom. The van der Waals surface area contributed by atoms with Crippen molar-refractivity contribution in [2.24, 2.45) is 0 Å². The van der Waals surface area contributed by atoms with Crippen molar-refractivity contribution in [2.45, 2.75) is 51.6 Å². The molecule has 1 aliphatic rings. The van der Waals surface area contributed by atoms with E-state index in [0.717, 1.165) is 25.8 Å². The van der Waals surface area contributed by atoms with Crippen molar-refractivity contribution < 1.29 is 14.4 Å². The van der Waals surface area contributed by atoms with Crippen molar-refractivity contribution >= 4 is 5.97 Å². The summed E-state index contributed by atoms with van der Waals surface area (Å²) in [6, 6.07) is 0. The van der Waals surface area contributed by atoms with Gasteiger partial charge in [0.15, 0.2) is 5.82 Å². The average molecular weight is 253 g/mol. The van der Waals surface area contributed by atoms with Crippen molar-refractivity contribution in [3.05, 3.63) is 11.7 Å². The minimum Gasteiger partial charge on any atom is -0.480 e. The summed E-state index contributed by atoms with van der Waals surface area (Å²) in [7, 11) is 0. The van der Waals surface area contributed by atoms with Gasteiger partial charge in [-0.15, -0.1) is 0 Å². The summed E-state index contributed by atoms with van der Waals surface area (Å²) in [5.41, 5.74) is -0.800. The molecule has 1 aliphatic heterocycles. The zero-order chi connectivity index (χ0) is 13.2. The fourth-order valence-corrected chi connectivity index (χ4v) is 2.36. The Kier molecular flexibility index (Phi) is 3.65. The first-order valence-corrected chi connectivity index (χ1v) is 6.36. The summed E-state index contributed by atoms with van der Waals surface area (Å²) in [4.78, 5) is 17.5. The molecule has 1 atom stereocenters. The van der Waals surface area contributed by atoms with Gasteiger partial charge in [-0.2, -0.15) is 4.98 Å². The summed E-state index contributed by atoms with van der Waals surface area (Å²) in [6.07, 6.45) is 3.28. The highest BCUT2D eigenvalue weighted by Crippen LogP contribution is 2.30. The van der Waals surface area contributed by atoms with Crippen LogP contribution in [-0.4, -0.2) is 38.2 Å². The normalized spacial score (nSPS) is 24.6. The van der Waals surface area contributed by atoms with E-state index >= 15 is 0 Å². The number of hydrogen-bond donors (Lipinski definition) is 1. The third kappa shape index (κ3) is 2.38. The highest BCUT2D eigenvalue weighted by molar-refractivity contribution is 5.78. The maximum atomic E-state index is 11.3. The molecule has 100 valence electrons. The van der Waals surface area contributed by atoms with Gasteiger partial charge in [0.2, 0.25) is 5.89 Å². The number of hydrogen-bond acceptors (Lipinski definition) is 5. The van der Waals surface area contributed by atoms with Gasteiger partial charge < -0.3 is 9.63 Å². The zero-order valence-corrected chi connectivity index (χ0v) is 10.8. The number of likely N-dealkylation sites (tertiary alicyclic amines) is 1. The van der Waals surface area contributed by atoms with E-state index in [1.54, 1.807) is 6.92 Å². The van der Waals surface area contributed by atoms with Crippen LogP contribution in [0.3, 0.4) is 0 Å². The Morgan fingerprint density at radius 1 is 1.61 bits per heavy atom. The van der Waals surface area contributed by atoms with Gasteiger partial charge in [-0.25, -0.2) is 0 Å². The van der Waals surface area contributed by atoms with Crippen molar-refractivity contribution in [2.75, 3.05) is 6.54 Å². The number of aryl methyl sites for hydroxylation is 1. The summed E-state index contributed by atoms with van der Waals surface area (Å²) < 4.78 is 5.11. The monoisotopic (exact) mass is 253 g/mol. The number of nitrogens with zero attached hydrogens (tertiary/aromatic N) is 3. The summed E-state index contributed by atoms with van der Waals surface area (Å²) >= 11 is 0. The molecule has 1 fully saturated rings. The zero-order valence-electron chi connectivity index (χ0n) is 10.8. The van der Waals surface area contributed by atoms with Gasteiger partial charge in [0.1, 0.15) is 5.54 Å². The molecule has 2 heterocycles. The number of carbonyl (C=O) groups is 1. The Morgan fingerprint density at radius 3 is 3.06 bits per heavy atom. The van der Waals surface area contributed by atoms with Crippen LogP contribution in [0.25, 0.3) is 0 Å². The van der Waals surface area contributed by atoms with E-state index in [4.69, 9.17) is 4.52 Å². The Hall–Kier alpha value is -1.43. The first kappa shape index (κ1) is 13.0. The highest BCUT2D eigenvalue weighted by Gasteiger charge is 2.43. The van der Waals surface area contributed by atoms with Crippen LogP contribution in [0.2, 0.25) is 0 Å². The number of carboxylic acid groups (broad SMARTS) is 1. The lowest BCUT2D eigenvalue weighted by molar-refractivity contribution is -0.149. The third-order valence-electron chi connectivity index (χ3n) is 3.56. The second-order valence-corrected chi connectivity index (χ2v) is 4.96. The number of aliphatic carboxylic acids is 1. The fourth-order valence-electron chi connectivity index (χ4n) is 2.36. The van der Waals surface area contributed by atoms with Gasteiger partial charge in [-0.05, 0) is 32.7 Å². The molecule has 0 bridgehead atoms. The van der Waals surface area contributed by atoms with Crippen LogP contribution in [0.4, 0.5) is 0 Å². The molecule has 6 nitrogen and oxygen atoms in total. The molecule has 0 amide bonds. The lowest BCUT2D eigenvalue weighted by atomic mass is 9.99. The summed E-state index contributed by atoms with van der Waals surface area (Å²) in [5.74, 6) is 0.425. The maximum absolute atomic E-state index is 11.3. The molecule has 1 saturated heterocycles. The minimum absolute atomic E-state index is 0.440. The summed E-state index contributed by atoms with van der Waals surface area (Å²) in [6.45, 7) is 5.01. The molecular weight excluding hydrogens is 234 g/mol. The Balaban J connectivity index is 2.06. The van der Waals surface area contributed by atoms with E-state index in [1.807, 2.05) is 11.8 Å². The molecule has 1 unspecified atom stereocenters. The second-order valence-electron chi connectivity index (χ2n) is 4.96. The van der Waals surface area contributed by atoms with Crippen LogP contribution in [0.5, 0.6) is 0 Å². The van der Waals surface area contributed by atoms with Crippen molar-refractivity contribution in [3.63, 3.8) is 0 Å². The predicted molar refractivity (Wildman–Crippen MR) is 64.0 cm³/mol. The lowest BCUT2D eigenvalue weighted by Gasteiger charge is -2.29. The number of aromatic nitrogens is 2. The van der Waals surface area contributed by atoms with E-state index in [0.29, 0.717) is 24.7 Å². The van der Waals surface area contributed by atoms with Gasteiger partial charge in [0.25, 0.3) is 0 Å². The van der Waals surface area contributed by atoms with Crippen molar-refractivity contribution in [1.82, 2.24) is 15.0 Å². The smallest absolute Gasteiger partial charge is 0.323 e. The van der Waals surface area contributed by atoms with Crippen molar-refractivity contribution in [1.29, 1.82) is 0 Å². The molecule has 0 radical (unpaired) electrons. The molecular formula is C12H19N3O3. The van der Waals surface area contributed by atoms with E-state index in [9.17, 15) is 9.90 Å². The molecule has 0 spiro atoms. The van der Waals surface area contributed by atoms with Crippen LogP contribution in [0.15, 0.2) is 4.52 Å². The average Bonchev–Trinajstić information content (AvgIpc) is 2.89. The van der Waals surface area contributed by atoms with E-state index in [1.165, 1.54) is 0 Å². The van der Waals surface area contributed by atoms with Gasteiger partial charge in [0, 0.05) is 6.42 Å². The van der Waals surface area contributed by atoms with E-state index < -0.39 is 11.5 Å². The third-order valence-corrected chi connectivity index (χ3v) is 3.56. The topological polar surface area (TPSA) is 79.5 Å². The fraction of sp³-hybridized carbons (Fsp3) is 0.750. The van der Waals surface area contributed by atoms with E-state index in [2.05, 4.69) is 10.1 Å². The number of rotatable bonds is 5. The molecule has 0 saturated carbocycles. The van der Waals surface area contributed by atoms with Gasteiger partial charge >= 0.3 is 5.97 Å². The molecule has 1 N–H and O–H groups in total. The predicted octanol–water partition coefficient (Wildman–Crippen LogP) is 1.46. The Bertz CT molecular complexity index is 432. The van der Waals surface area contributed by atoms with Crippen LogP contribution in [0, 0.1) is 0 Å². The molecule has 1 aromatic rings. The quantitative estimate of drug-likeness (QED) is 0.855. The van der Waals surface area contributed by atoms with Crippen molar-refractivity contribution in [3.8, 4) is 0 Å². The van der Waals surface area contributed by atoms with Crippen LogP contribution in [0.1, 0.15) is 44.8 Å². The van der Waals surface area contributed by atoms with Gasteiger partial charge in [-0.1, -0.05) is 12.1 Å². The largest absolute Gasteiger partial charge is 0.480 e. The van der Waals surface area contributed by atoms with Crippen LogP contribution < -0.4 is 0 Å². The first-order valence-electron chi connectivity index (χ1n) is 6.36. The lowest BCUT2D eigenvalue weighted by Crippen LogP contribution is -2.47. The SMILES string of the molecule is CCCc1nc(CN2CCCC2(C)C(=O)O)no1. The molecule has 1 aromatic heterocycles. The molecule has 6 heteroatoms. The Labute approximate surface area is 106 Å². The minimum atomic E-state index is -0.800.